The number of aromatic amines is 1. The van der Waals surface area contributed by atoms with E-state index in [1.165, 1.54) is 6.42 Å². The van der Waals surface area contributed by atoms with Crippen molar-refractivity contribution in [2.75, 3.05) is 13.1 Å². The van der Waals surface area contributed by atoms with E-state index in [2.05, 4.69) is 26.3 Å². The Balaban J connectivity index is 2.05. The third-order valence-corrected chi connectivity index (χ3v) is 2.95. The molecule has 2 N–H and O–H groups in total. The van der Waals surface area contributed by atoms with E-state index >= 15 is 0 Å². The standard InChI is InChI=1S/C11H14N4/c1-7-2-3-9-11(13-7)15-10(14-9)8-4-5-12-6-8/h2-3,8,12H,4-6H2,1H3,(H,13,14,15). The molecule has 78 valence electrons. The number of imidazole rings is 1. The number of aromatic nitrogens is 3. The molecule has 3 heterocycles. The lowest BCUT2D eigenvalue weighted by molar-refractivity contribution is 0.717. The number of rotatable bonds is 1. The van der Waals surface area contributed by atoms with Crippen molar-refractivity contribution in [1.29, 1.82) is 0 Å². The summed E-state index contributed by atoms with van der Waals surface area (Å²) in [5, 5.41) is 3.35. The first-order chi connectivity index (χ1) is 7.33. The number of hydrogen-bond donors (Lipinski definition) is 2. The predicted molar refractivity (Wildman–Crippen MR) is 58.9 cm³/mol. The van der Waals surface area contributed by atoms with Gasteiger partial charge >= 0.3 is 0 Å². The van der Waals surface area contributed by atoms with Crippen LogP contribution in [0.3, 0.4) is 0 Å². The van der Waals surface area contributed by atoms with Gasteiger partial charge in [-0.3, -0.25) is 0 Å². The first-order valence-corrected chi connectivity index (χ1v) is 5.37. The average Bonchev–Trinajstić information content (AvgIpc) is 2.84. The molecule has 0 amide bonds. The van der Waals surface area contributed by atoms with Crippen LogP contribution in [-0.4, -0.2) is 28.0 Å². The zero-order valence-electron chi connectivity index (χ0n) is 8.75. The second kappa shape index (κ2) is 3.31. The highest BCUT2D eigenvalue weighted by Gasteiger charge is 2.20. The number of nitrogens with zero attached hydrogens (tertiary/aromatic N) is 2. The molecule has 1 saturated heterocycles. The van der Waals surface area contributed by atoms with E-state index in [1.807, 2.05) is 13.0 Å². The molecular formula is C11H14N4. The first kappa shape index (κ1) is 8.85. The van der Waals surface area contributed by atoms with Crippen molar-refractivity contribution in [3.8, 4) is 0 Å². The summed E-state index contributed by atoms with van der Waals surface area (Å²) >= 11 is 0. The van der Waals surface area contributed by atoms with Gasteiger partial charge < -0.3 is 10.3 Å². The van der Waals surface area contributed by atoms with Crippen LogP contribution in [0.4, 0.5) is 0 Å². The molecule has 2 aromatic heterocycles. The van der Waals surface area contributed by atoms with E-state index in [0.717, 1.165) is 35.8 Å². The molecule has 1 atom stereocenters. The van der Waals surface area contributed by atoms with Crippen molar-refractivity contribution in [3.05, 3.63) is 23.7 Å². The monoisotopic (exact) mass is 202 g/mol. The van der Waals surface area contributed by atoms with E-state index < -0.39 is 0 Å². The Morgan fingerprint density at radius 1 is 1.33 bits per heavy atom. The molecule has 0 aliphatic carbocycles. The molecule has 0 saturated carbocycles. The quantitative estimate of drug-likeness (QED) is 0.733. The molecule has 1 unspecified atom stereocenters. The van der Waals surface area contributed by atoms with E-state index in [1.54, 1.807) is 0 Å². The zero-order chi connectivity index (χ0) is 10.3. The van der Waals surface area contributed by atoms with Crippen LogP contribution in [0.1, 0.15) is 23.9 Å². The molecule has 4 nitrogen and oxygen atoms in total. The van der Waals surface area contributed by atoms with Crippen molar-refractivity contribution in [2.24, 2.45) is 0 Å². The molecule has 0 aromatic carbocycles. The Hall–Kier alpha value is -1.42. The highest BCUT2D eigenvalue weighted by molar-refractivity contribution is 5.70. The normalized spacial score (nSPS) is 21.3. The van der Waals surface area contributed by atoms with Gasteiger partial charge in [0.1, 0.15) is 5.82 Å². The summed E-state index contributed by atoms with van der Waals surface area (Å²) in [6.45, 7) is 4.11. The van der Waals surface area contributed by atoms with Crippen LogP contribution < -0.4 is 5.32 Å². The summed E-state index contributed by atoms with van der Waals surface area (Å²) in [4.78, 5) is 12.3. The van der Waals surface area contributed by atoms with Crippen molar-refractivity contribution < 1.29 is 0 Å². The fourth-order valence-corrected chi connectivity index (χ4v) is 2.09. The number of hydrogen-bond acceptors (Lipinski definition) is 3. The Morgan fingerprint density at radius 2 is 2.27 bits per heavy atom. The molecule has 3 rings (SSSR count). The maximum atomic E-state index is 4.55. The van der Waals surface area contributed by atoms with Crippen LogP contribution in [0.2, 0.25) is 0 Å². The summed E-state index contributed by atoms with van der Waals surface area (Å²) in [7, 11) is 0. The van der Waals surface area contributed by atoms with Crippen LogP contribution >= 0.6 is 0 Å². The fraction of sp³-hybridized carbons (Fsp3) is 0.455. The molecule has 4 heteroatoms. The summed E-state index contributed by atoms with van der Waals surface area (Å²) in [6, 6.07) is 4.06. The second-order valence-corrected chi connectivity index (χ2v) is 4.14. The lowest BCUT2D eigenvalue weighted by Gasteiger charge is -2.01. The Kier molecular flexibility index (Phi) is 1.95. The van der Waals surface area contributed by atoms with Gasteiger partial charge in [-0.05, 0) is 32.0 Å². The van der Waals surface area contributed by atoms with E-state index in [-0.39, 0.29) is 0 Å². The molecule has 0 bridgehead atoms. The summed E-state index contributed by atoms with van der Waals surface area (Å²) in [6.07, 6.45) is 1.17. The number of pyridine rings is 1. The molecular weight excluding hydrogens is 188 g/mol. The third kappa shape index (κ3) is 1.51. The zero-order valence-corrected chi connectivity index (χ0v) is 8.75. The van der Waals surface area contributed by atoms with Crippen molar-refractivity contribution >= 4 is 11.2 Å². The van der Waals surface area contributed by atoms with Gasteiger partial charge in [-0.15, -0.1) is 0 Å². The van der Waals surface area contributed by atoms with Gasteiger partial charge in [0.2, 0.25) is 0 Å². The first-order valence-electron chi connectivity index (χ1n) is 5.37. The molecule has 15 heavy (non-hydrogen) atoms. The second-order valence-electron chi connectivity index (χ2n) is 4.14. The number of H-pyrrole nitrogens is 1. The molecule has 2 aromatic rings. The van der Waals surface area contributed by atoms with Crippen molar-refractivity contribution in [3.63, 3.8) is 0 Å². The molecule has 0 spiro atoms. The smallest absolute Gasteiger partial charge is 0.177 e. The maximum Gasteiger partial charge on any atom is 0.177 e. The minimum absolute atomic E-state index is 0.527. The van der Waals surface area contributed by atoms with Gasteiger partial charge in [0.15, 0.2) is 5.65 Å². The van der Waals surface area contributed by atoms with Gasteiger partial charge in [0.05, 0.1) is 5.52 Å². The van der Waals surface area contributed by atoms with Crippen molar-refractivity contribution in [1.82, 2.24) is 20.3 Å². The Morgan fingerprint density at radius 3 is 3.07 bits per heavy atom. The van der Waals surface area contributed by atoms with Crippen LogP contribution in [-0.2, 0) is 0 Å². The maximum absolute atomic E-state index is 4.55. The van der Waals surface area contributed by atoms with Crippen LogP contribution in [0, 0.1) is 6.92 Å². The Labute approximate surface area is 88.1 Å². The molecule has 1 fully saturated rings. The van der Waals surface area contributed by atoms with Gasteiger partial charge in [0, 0.05) is 18.2 Å². The topological polar surface area (TPSA) is 53.6 Å². The fourth-order valence-electron chi connectivity index (χ4n) is 2.09. The summed E-state index contributed by atoms with van der Waals surface area (Å²) < 4.78 is 0. The number of nitrogens with one attached hydrogen (secondary N) is 2. The minimum Gasteiger partial charge on any atom is -0.340 e. The summed E-state index contributed by atoms with van der Waals surface area (Å²) in [5.74, 6) is 1.60. The van der Waals surface area contributed by atoms with Gasteiger partial charge in [-0.1, -0.05) is 0 Å². The van der Waals surface area contributed by atoms with Crippen LogP contribution in [0.5, 0.6) is 0 Å². The highest BCUT2D eigenvalue weighted by Crippen LogP contribution is 2.21. The van der Waals surface area contributed by atoms with E-state index in [0.29, 0.717) is 5.92 Å². The molecule has 1 aliphatic rings. The van der Waals surface area contributed by atoms with Crippen LogP contribution in [0.25, 0.3) is 11.2 Å². The van der Waals surface area contributed by atoms with Crippen molar-refractivity contribution in [2.45, 2.75) is 19.3 Å². The van der Waals surface area contributed by atoms with E-state index in [9.17, 15) is 0 Å². The highest BCUT2D eigenvalue weighted by atomic mass is 15.0. The third-order valence-electron chi connectivity index (χ3n) is 2.95. The SMILES string of the molecule is Cc1ccc2[nH]c(C3CCNC3)nc2n1. The average molecular weight is 202 g/mol. The number of aryl methyl sites for hydroxylation is 1. The van der Waals surface area contributed by atoms with Gasteiger partial charge in [0.25, 0.3) is 0 Å². The lowest BCUT2D eigenvalue weighted by atomic mass is 10.1. The van der Waals surface area contributed by atoms with Gasteiger partial charge in [-0.2, -0.15) is 0 Å². The van der Waals surface area contributed by atoms with Gasteiger partial charge in [-0.25, -0.2) is 9.97 Å². The molecule has 1 aliphatic heterocycles. The lowest BCUT2D eigenvalue weighted by Crippen LogP contribution is -2.08. The summed E-state index contributed by atoms with van der Waals surface area (Å²) in [5.41, 5.74) is 2.91. The largest absolute Gasteiger partial charge is 0.340 e. The molecule has 0 radical (unpaired) electrons. The number of fused-ring (bicyclic) bond motifs is 1. The predicted octanol–water partition coefficient (Wildman–Crippen LogP) is 1.34. The Bertz CT molecular complexity index is 482. The van der Waals surface area contributed by atoms with E-state index in [4.69, 9.17) is 0 Å². The minimum atomic E-state index is 0.527. The van der Waals surface area contributed by atoms with Crippen LogP contribution in [0.15, 0.2) is 12.1 Å².